The highest BCUT2D eigenvalue weighted by Gasteiger charge is 2.32. The standard InChI is InChI=1S/C12H14FNO/c1-8-5-9(13)6-10-11(8)14-4-3-12(10,2)7-15/h5-7,14H,3-4H2,1-2H3. The molecule has 0 radical (unpaired) electrons. The first-order valence-electron chi connectivity index (χ1n) is 5.08. The molecule has 2 rings (SSSR count). The topological polar surface area (TPSA) is 29.1 Å². The van der Waals surface area contributed by atoms with Gasteiger partial charge in [-0.25, -0.2) is 4.39 Å². The molecule has 1 aliphatic heterocycles. The van der Waals surface area contributed by atoms with Gasteiger partial charge in [-0.3, -0.25) is 0 Å². The minimum absolute atomic E-state index is 0.275. The number of anilines is 1. The van der Waals surface area contributed by atoms with E-state index in [1.54, 1.807) is 0 Å². The quantitative estimate of drug-likeness (QED) is 0.716. The summed E-state index contributed by atoms with van der Waals surface area (Å²) in [5.74, 6) is -0.275. The molecule has 1 aliphatic rings. The Balaban J connectivity index is 2.65. The maximum atomic E-state index is 13.3. The van der Waals surface area contributed by atoms with Crippen LogP contribution in [0.1, 0.15) is 24.5 Å². The Morgan fingerprint density at radius 3 is 2.93 bits per heavy atom. The van der Waals surface area contributed by atoms with Gasteiger partial charge in [-0.15, -0.1) is 0 Å². The van der Waals surface area contributed by atoms with Gasteiger partial charge in [0.25, 0.3) is 0 Å². The average Bonchev–Trinajstić information content (AvgIpc) is 2.20. The van der Waals surface area contributed by atoms with Crippen molar-refractivity contribution in [1.29, 1.82) is 0 Å². The van der Waals surface area contributed by atoms with Crippen LogP contribution in [0, 0.1) is 12.7 Å². The van der Waals surface area contributed by atoms with Gasteiger partial charge in [-0.05, 0) is 43.5 Å². The second kappa shape index (κ2) is 3.33. The van der Waals surface area contributed by atoms with Crippen molar-refractivity contribution in [2.24, 2.45) is 0 Å². The van der Waals surface area contributed by atoms with E-state index >= 15 is 0 Å². The summed E-state index contributed by atoms with van der Waals surface area (Å²) in [6.45, 7) is 4.47. The van der Waals surface area contributed by atoms with Crippen molar-refractivity contribution in [3.05, 3.63) is 29.1 Å². The molecule has 0 amide bonds. The third-order valence-corrected chi connectivity index (χ3v) is 3.12. The number of hydrogen-bond donors (Lipinski definition) is 1. The molecule has 0 saturated heterocycles. The van der Waals surface area contributed by atoms with Crippen LogP contribution in [0.3, 0.4) is 0 Å². The second-order valence-corrected chi connectivity index (χ2v) is 4.36. The number of benzene rings is 1. The fourth-order valence-electron chi connectivity index (χ4n) is 2.13. The highest BCUT2D eigenvalue weighted by Crippen LogP contribution is 2.37. The highest BCUT2D eigenvalue weighted by atomic mass is 19.1. The molecular weight excluding hydrogens is 193 g/mol. The number of carbonyl (C=O) groups excluding carboxylic acids is 1. The minimum Gasteiger partial charge on any atom is -0.385 e. The molecule has 0 aliphatic carbocycles. The van der Waals surface area contributed by atoms with Crippen molar-refractivity contribution in [2.75, 3.05) is 11.9 Å². The van der Waals surface area contributed by atoms with Crippen LogP contribution in [0.5, 0.6) is 0 Å². The van der Waals surface area contributed by atoms with Gasteiger partial charge in [0.05, 0.1) is 5.41 Å². The number of aryl methyl sites for hydroxylation is 1. The average molecular weight is 207 g/mol. The van der Waals surface area contributed by atoms with Crippen molar-refractivity contribution in [1.82, 2.24) is 0 Å². The lowest BCUT2D eigenvalue weighted by Crippen LogP contribution is -2.33. The summed E-state index contributed by atoms with van der Waals surface area (Å²) in [6.07, 6.45) is 1.64. The molecule has 1 aromatic carbocycles. The number of carbonyl (C=O) groups is 1. The van der Waals surface area contributed by atoms with Gasteiger partial charge >= 0.3 is 0 Å². The number of rotatable bonds is 1. The molecule has 1 aromatic rings. The first-order chi connectivity index (χ1) is 7.07. The Bertz CT molecular complexity index is 416. The summed E-state index contributed by atoms with van der Waals surface area (Å²) in [5.41, 5.74) is 2.00. The van der Waals surface area contributed by atoms with Crippen LogP contribution < -0.4 is 5.32 Å². The number of fused-ring (bicyclic) bond motifs is 1. The lowest BCUT2D eigenvalue weighted by Gasteiger charge is -2.32. The first kappa shape index (κ1) is 10.1. The molecule has 1 N–H and O–H groups in total. The summed E-state index contributed by atoms with van der Waals surface area (Å²) < 4.78 is 13.3. The largest absolute Gasteiger partial charge is 0.385 e. The third kappa shape index (κ3) is 1.52. The molecular formula is C12H14FNO. The fourth-order valence-corrected chi connectivity index (χ4v) is 2.13. The van der Waals surface area contributed by atoms with Gasteiger partial charge in [0.1, 0.15) is 12.1 Å². The van der Waals surface area contributed by atoms with Crippen LogP contribution in [0.25, 0.3) is 0 Å². The molecule has 0 spiro atoms. The van der Waals surface area contributed by atoms with E-state index in [4.69, 9.17) is 0 Å². The summed E-state index contributed by atoms with van der Waals surface area (Å²) >= 11 is 0. The lowest BCUT2D eigenvalue weighted by atomic mass is 9.77. The normalized spacial score (nSPS) is 24.2. The molecule has 1 unspecified atom stereocenters. The predicted molar refractivity (Wildman–Crippen MR) is 57.7 cm³/mol. The van der Waals surface area contributed by atoms with Crippen LogP contribution in [-0.4, -0.2) is 12.8 Å². The first-order valence-corrected chi connectivity index (χ1v) is 5.08. The van der Waals surface area contributed by atoms with Gasteiger partial charge < -0.3 is 10.1 Å². The smallest absolute Gasteiger partial charge is 0.130 e. The number of hydrogen-bond acceptors (Lipinski definition) is 2. The monoisotopic (exact) mass is 207 g/mol. The second-order valence-electron chi connectivity index (χ2n) is 4.36. The molecule has 1 heterocycles. The zero-order valence-corrected chi connectivity index (χ0v) is 8.93. The Hall–Kier alpha value is -1.38. The van der Waals surface area contributed by atoms with Gasteiger partial charge in [-0.1, -0.05) is 0 Å². The molecule has 3 heteroatoms. The molecule has 80 valence electrons. The number of halogens is 1. The van der Waals surface area contributed by atoms with Crippen molar-refractivity contribution in [3.63, 3.8) is 0 Å². The van der Waals surface area contributed by atoms with Gasteiger partial charge in [-0.2, -0.15) is 0 Å². The zero-order chi connectivity index (χ0) is 11.1. The van der Waals surface area contributed by atoms with Crippen molar-refractivity contribution in [3.8, 4) is 0 Å². The Morgan fingerprint density at radius 2 is 2.27 bits per heavy atom. The Kier molecular flexibility index (Phi) is 2.25. The Morgan fingerprint density at radius 1 is 1.53 bits per heavy atom. The minimum atomic E-state index is -0.548. The van der Waals surface area contributed by atoms with Crippen LogP contribution in [0.4, 0.5) is 10.1 Å². The third-order valence-electron chi connectivity index (χ3n) is 3.12. The van der Waals surface area contributed by atoms with E-state index < -0.39 is 5.41 Å². The lowest BCUT2D eigenvalue weighted by molar-refractivity contribution is -0.112. The predicted octanol–water partition coefficient (Wildman–Crippen LogP) is 2.41. The molecule has 1 atom stereocenters. The van der Waals surface area contributed by atoms with Crippen molar-refractivity contribution >= 4 is 12.0 Å². The summed E-state index contributed by atoms with van der Waals surface area (Å²) in [7, 11) is 0. The Labute approximate surface area is 88.5 Å². The van der Waals surface area contributed by atoms with Crippen LogP contribution >= 0.6 is 0 Å². The fraction of sp³-hybridized carbons (Fsp3) is 0.417. The molecule has 0 bridgehead atoms. The van der Waals surface area contributed by atoms with Gasteiger partial charge in [0.2, 0.25) is 0 Å². The van der Waals surface area contributed by atoms with E-state index in [1.807, 2.05) is 13.8 Å². The maximum Gasteiger partial charge on any atom is 0.130 e. The summed E-state index contributed by atoms with van der Waals surface area (Å²) in [5, 5.41) is 3.22. The van der Waals surface area contributed by atoms with E-state index in [1.165, 1.54) is 12.1 Å². The van der Waals surface area contributed by atoms with Gasteiger partial charge in [0.15, 0.2) is 0 Å². The molecule has 15 heavy (non-hydrogen) atoms. The number of nitrogens with one attached hydrogen (secondary N) is 1. The van der Waals surface area contributed by atoms with Crippen LogP contribution in [-0.2, 0) is 10.2 Å². The van der Waals surface area contributed by atoms with E-state index in [0.29, 0.717) is 6.42 Å². The van der Waals surface area contributed by atoms with E-state index in [2.05, 4.69) is 5.32 Å². The zero-order valence-electron chi connectivity index (χ0n) is 8.93. The van der Waals surface area contributed by atoms with E-state index in [-0.39, 0.29) is 5.82 Å². The molecule has 0 aromatic heterocycles. The summed E-state index contributed by atoms with van der Waals surface area (Å²) in [4.78, 5) is 11.1. The van der Waals surface area contributed by atoms with Crippen molar-refractivity contribution in [2.45, 2.75) is 25.7 Å². The molecule has 2 nitrogen and oxygen atoms in total. The van der Waals surface area contributed by atoms with Crippen molar-refractivity contribution < 1.29 is 9.18 Å². The summed E-state index contributed by atoms with van der Waals surface area (Å²) in [6, 6.07) is 2.95. The van der Waals surface area contributed by atoms with Crippen LogP contribution in [0.15, 0.2) is 12.1 Å². The van der Waals surface area contributed by atoms with E-state index in [9.17, 15) is 9.18 Å². The SMILES string of the molecule is Cc1cc(F)cc2c1NCCC2(C)C=O. The maximum absolute atomic E-state index is 13.3. The molecule has 0 fully saturated rings. The van der Waals surface area contributed by atoms with Crippen LogP contribution in [0.2, 0.25) is 0 Å². The molecule has 0 saturated carbocycles. The van der Waals surface area contributed by atoms with E-state index in [0.717, 1.165) is 29.6 Å². The number of aldehydes is 1. The highest BCUT2D eigenvalue weighted by molar-refractivity contribution is 5.76. The van der Waals surface area contributed by atoms with Gasteiger partial charge in [0, 0.05) is 12.2 Å².